The lowest BCUT2D eigenvalue weighted by Crippen LogP contribution is -2.37. The van der Waals surface area contributed by atoms with Crippen LogP contribution in [0.1, 0.15) is 11.1 Å². The molecule has 0 aliphatic carbocycles. The number of carbonyl (C=O) groups is 1. The third-order valence-corrected chi connectivity index (χ3v) is 7.05. The molecule has 1 amide bonds. The molecule has 0 aromatic heterocycles. The molecule has 3 aromatic rings. The van der Waals surface area contributed by atoms with Gasteiger partial charge in [-0.1, -0.05) is 57.9 Å². The van der Waals surface area contributed by atoms with Crippen LogP contribution < -0.4 is 5.32 Å². The van der Waals surface area contributed by atoms with Crippen molar-refractivity contribution in [1.82, 2.24) is 4.31 Å². The molecule has 0 spiro atoms. The van der Waals surface area contributed by atoms with Crippen LogP contribution in [0, 0.1) is 6.92 Å². The van der Waals surface area contributed by atoms with E-state index in [4.69, 9.17) is 11.6 Å². The van der Waals surface area contributed by atoms with Gasteiger partial charge in [-0.05, 0) is 60.5 Å². The highest BCUT2D eigenvalue weighted by Gasteiger charge is 2.27. The molecular formula is C22H20BrClN2O3S. The van der Waals surface area contributed by atoms with Crippen molar-refractivity contribution in [2.24, 2.45) is 0 Å². The molecule has 0 heterocycles. The van der Waals surface area contributed by atoms with E-state index in [-0.39, 0.29) is 18.0 Å². The van der Waals surface area contributed by atoms with Gasteiger partial charge in [-0.2, -0.15) is 4.31 Å². The van der Waals surface area contributed by atoms with E-state index in [1.165, 1.54) is 12.1 Å². The van der Waals surface area contributed by atoms with Crippen LogP contribution in [0.5, 0.6) is 0 Å². The second kappa shape index (κ2) is 9.75. The van der Waals surface area contributed by atoms with E-state index in [9.17, 15) is 13.2 Å². The van der Waals surface area contributed by atoms with E-state index >= 15 is 0 Å². The van der Waals surface area contributed by atoms with Crippen LogP contribution in [0.25, 0.3) is 0 Å². The van der Waals surface area contributed by atoms with Crippen LogP contribution in [0.4, 0.5) is 5.69 Å². The van der Waals surface area contributed by atoms with Gasteiger partial charge in [-0.25, -0.2) is 8.42 Å². The molecule has 0 saturated carbocycles. The van der Waals surface area contributed by atoms with Gasteiger partial charge in [0.05, 0.1) is 11.4 Å². The summed E-state index contributed by atoms with van der Waals surface area (Å²) in [6.07, 6.45) is 0. The van der Waals surface area contributed by atoms with Gasteiger partial charge in [0, 0.05) is 21.7 Å². The van der Waals surface area contributed by atoms with Crippen LogP contribution >= 0.6 is 27.5 Å². The molecule has 0 aliphatic rings. The van der Waals surface area contributed by atoms with E-state index < -0.39 is 15.9 Å². The Morgan fingerprint density at radius 2 is 1.63 bits per heavy atom. The smallest absolute Gasteiger partial charge is 0.243 e. The Morgan fingerprint density at radius 3 is 2.27 bits per heavy atom. The first-order chi connectivity index (χ1) is 14.3. The maximum Gasteiger partial charge on any atom is 0.243 e. The van der Waals surface area contributed by atoms with E-state index in [0.29, 0.717) is 10.7 Å². The van der Waals surface area contributed by atoms with E-state index in [1.807, 2.05) is 25.1 Å². The Hall–Kier alpha value is -2.19. The standard InChI is InChI=1S/C22H20BrClN2O3S/c1-16-4-2-3-5-21(16)25-22(27)15-26(14-17-6-10-19(24)11-7-17)30(28,29)20-12-8-18(23)9-13-20/h2-13H,14-15H2,1H3,(H,25,27). The molecule has 1 N–H and O–H groups in total. The molecule has 0 aliphatic heterocycles. The number of nitrogens with zero attached hydrogens (tertiary/aromatic N) is 1. The maximum atomic E-state index is 13.3. The summed E-state index contributed by atoms with van der Waals surface area (Å²) in [4.78, 5) is 12.8. The zero-order valence-corrected chi connectivity index (χ0v) is 19.3. The number of hydrogen-bond acceptors (Lipinski definition) is 3. The summed E-state index contributed by atoms with van der Waals surface area (Å²) in [5, 5.41) is 3.35. The number of hydrogen-bond donors (Lipinski definition) is 1. The molecule has 0 atom stereocenters. The van der Waals surface area contributed by atoms with Gasteiger partial charge in [-0.3, -0.25) is 4.79 Å². The van der Waals surface area contributed by atoms with Gasteiger partial charge in [-0.15, -0.1) is 0 Å². The first-order valence-electron chi connectivity index (χ1n) is 9.11. The van der Waals surface area contributed by atoms with E-state index in [2.05, 4.69) is 21.2 Å². The fraction of sp³-hybridized carbons (Fsp3) is 0.136. The van der Waals surface area contributed by atoms with Gasteiger partial charge in [0.15, 0.2) is 0 Å². The van der Waals surface area contributed by atoms with Crippen molar-refractivity contribution in [3.8, 4) is 0 Å². The Labute approximate surface area is 189 Å². The number of aryl methyl sites for hydroxylation is 1. The number of anilines is 1. The van der Waals surface area contributed by atoms with E-state index in [1.54, 1.807) is 42.5 Å². The molecule has 0 radical (unpaired) electrons. The van der Waals surface area contributed by atoms with Gasteiger partial charge in [0.25, 0.3) is 0 Å². The van der Waals surface area contributed by atoms with Crippen molar-refractivity contribution in [1.29, 1.82) is 0 Å². The summed E-state index contributed by atoms with van der Waals surface area (Å²) < 4.78 is 28.5. The third kappa shape index (κ3) is 5.70. The first-order valence-corrected chi connectivity index (χ1v) is 11.7. The lowest BCUT2D eigenvalue weighted by Gasteiger charge is -2.22. The van der Waals surface area contributed by atoms with Gasteiger partial charge < -0.3 is 5.32 Å². The van der Waals surface area contributed by atoms with Gasteiger partial charge in [0.1, 0.15) is 0 Å². The first kappa shape index (κ1) is 22.5. The lowest BCUT2D eigenvalue weighted by molar-refractivity contribution is -0.116. The lowest BCUT2D eigenvalue weighted by atomic mass is 10.2. The Kier molecular flexibility index (Phi) is 7.31. The summed E-state index contributed by atoms with van der Waals surface area (Å²) in [6.45, 7) is 1.59. The van der Waals surface area contributed by atoms with Crippen LogP contribution in [0.15, 0.2) is 82.2 Å². The Bertz CT molecular complexity index is 1130. The van der Waals surface area contributed by atoms with Crippen LogP contribution in [-0.2, 0) is 21.4 Å². The Balaban J connectivity index is 1.88. The van der Waals surface area contributed by atoms with Crippen molar-refractivity contribution in [3.05, 3.63) is 93.4 Å². The van der Waals surface area contributed by atoms with Crippen molar-refractivity contribution < 1.29 is 13.2 Å². The fourth-order valence-electron chi connectivity index (χ4n) is 2.84. The molecule has 156 valence electrons. The molecule has 0 fully saturated rings. The number of nitrogens with one attached hydrogen (secondary N) is 1. The van der Waals surface area contributed by atoms with Gasteiger partial charge in [0.2, 0.25) is 15.9 Å². The SMILES string of the molecule is Cc1ccccc1NC(=O)CN(Cc1ccc(Cl)cc1)S(=O)(=O)c1ccc(Br)cc1. The quantitative estimate of drug-likeness (QED) is 0.475. The highest BCUT2D eigenvalue weighted by molar-refractivity contribution is 9.10. The molecule has 3 rings (SSSR count). The summed E-state index contributed by atoms with van der Waals surface area (Å²) in [6, 6.07) is 20.5. The number of benzene rings is 3. The third-order valence-electron chi connectivity index (χ3n) is 4.46. The molecule has 8 heteroatoms. The zero-order valence-electron chi connectivity index (χ0n) is 16.2. The molecule has 0 saturated heterocycles. The summed E-state index contributed by atoms with van der Waals surface area (Å²) in [5.41, 5.74) is 2.27. The van der Waals surface area contributed by atoms with Crippen LogP contribution in [0.3, 0.4) is 0 Å². The zero-order chi connectivity index (χ0) is 21.7. The number of para-hydroxylation sites is 1. The highest BCUT2D eigenvalue weighted by Crippen LogP contribution is 2.22. The molecule has 5 nitrogen and oxygen atoms in total. The number of sulfonamides is 1. The summed E-state index contributed by atoms with van der Waals surface area (Å²) >= 11 is 9.25. The molecular weight excluding hydrogens is 488 g/mol. The monoisotopic (exact) mass is 506 g/mol. The molecule has 3 aromatic carbocycles. The number of halogens is 2. The van der Waals surface area contributed by atoms with Gasteiger partial charge >= 0.3 is 0 Å². The average Bonchev–Trinajstić information content (AvgIpc) is 2.71. The molecule has 0 bridgehead atoms. The number of rotatable bonds is 7. The van der Waals surface area contributed by atoms with Crippen LogP contribution in [-0.4, -0.2) is 25.2 Å². The van der Waals surface area contributed by atoms with E-state index in [0.717, 1.165) is 19.9 Å². The minimum atomic E-state index is -3.90. The molecule has 0 unspecified atom stereocenters. The minimum Gasteiger partial charge on any atom is -0.325 e. The minimum absolute atomic E-state index is 0.0385. The second-order valence-electron chi connectivity index (χ2n) is 6.72. The molecule has 30 heavy (non-hydrogen) atoms. The average molecular weight is 508 g/mol. The van der Waals surface area contributed by atoms with Crippen molar-refractivity contribution in [2.75, 3.05) is 11.9 Å². The maximum absolute atomic E-state index is 13.3. The van der Waals surface area contributed by atoms with Crippen molar-refractivity contribution >= 4 is 49.1 Å². The predicted molar refractivity (Wildman–Crippen MR) is 123 cm³/mol. The summed E-state index contributed by atoms with van der Waals surface area (Å²) in [5.74, 6) is -0.418. The van der Waals surface area contributed by atoms with Crippen molar-refractivity contribution in [3.63, 3.8) is 0 Å². The number of carbonyl (C=O) groups excluding carboxylic acids is 1. The highest BCUT2D eigenvalue weighted by atomic mass is 79.9. The number of amides is 1. The summed E-state index contributed by atoms with van der Waals surface area (Å²) in [7, 11) is -3.90. The predicted octanol–water partition coefficient (Wildman–Crippen LogP) is 5.24. The van der Waals surface area contributed by atoms with Crippen molar-refractivity contribution in [2.45, 2.75) is 18.4 Å². The largest absolute Gasteiger partial charge is 0.325 e. The van der Waals surface area contributed by atoms with Crippen LogP contribution in [0.2, 0.25) is 5.02 Å². The fourth-order valence-corrected chi connectivity index (χ4v) is 4.61. The normalized spacial score (nSPS) is 11.5. The second-order valence-corrected chi connectivity index (χ2v) is 10.0. The Morgan fingerprint density at radius 1 is 1.00 bits per heavy atom. The topological polar surface area (TPSA) is 66.5 Å².